The number of nitrogens with zero attached hydrogens (tertiary/aromatic N) is 1. The van der Waals surface area contributed by atoms with Crippen molar-refractivity contribution in [2.75, 3.05) is 19.6 Å². The van der Waals surface area contributed by atoms with Gasteiger partial charge in [-0.15, -0.1) is 0 Å². The highest BCUT2D eigenvalue weighted by Gasteiger charge is 2.21. The summed E-state index contributed by atoms with van der Waals surface area (Å²) in [5.41, 5.74) is 5.67. The molecule has 1 aliphatic carbocycles. The SMILES string of the molecule is CCCC(C)CN(CCCN)C1CCCCC1. The van der Waals surface area contributed by atoms with Gasteiger partial charge in [0.15, 0.2) is 0 Å². The van der Waals surface area contributed by atoms with Crippen LogP contribution in [0.25, 0.3) is 0 Å². The molecule has 0 radical (unpaired) electrons. The fourth-order valence-electron chi connectivity index (χ4n) is 3.15. The molecule has 1 atom stereocenters. The van der Waals surface area contributed by atoms with E-state index >= 15 is 0 Å². The van der Waals surface area contributed by atoms with Gasteiger partial charge < -0.3 is 10.6 Å². The first-order valence-electron chi connectivity index (χ1n) is 7.72. The van der Waals surface area contributed by atoms with Crippen LogP contribution in [-0.2, 0) is 0 Å². The van der Waals surface area contributed by atoms with Gasteiger partial charge in [0.1, 0.15) is 0 Å². The number of hydrogen-bond acceptors (Lipinski definition) is 2. The molecule has 2 nitrogen and oxygen atoms in total. The maximum Gasteiger partial charge on any atom is 0.00953 e. The Morgan fingerprint density at radius 3 is 2.53 bits per heavy atom. The lowest BCUT2D eigenvalue weighted by Gasteiger charge is -2.36. The minimum absolute atomic E-state index is 0.839. The molecule has 102 valence electrons. The summed E-state index contributed by atoms with van der Waals surface area (Å²) in [5, 5.41) is 0. The number of hydrogen-bond donors (Lipinski definition) is 1. The van der Waals surface area contributed by atoms with E-state index in [1.54, 1.807) is 0 Å². The van der Waals surface area contributed by atoms with Crippen molar-refractivity contribution in [1.82, 2.24) is 4.90 Å². The molecular weight excluding hydrogens is 208 g/mol. The largest absolute Gasteiger partial charge is 0.330 e. The van der Waals surface area contributed by atoms with Gasteiger partial charge in [0.25, 0.3) is 0 Å². The molecule has 0 aliphatic heterocycles. The Balaban J connectivity index is 2.40. The Hall–Kier alpha value is -0.0800. The third-order valence-corrected chi connectivity index (χ3v) is 4.07. The highest BCUT2D eigenvalue weighted by molar-refractivity contribution is 4.77. The zero-order chi connectivity index (χ0) is 12.5. The van der Waals surface area contributed by atoms with E-state index in [1.165, 1.54) is 58.0 Å². The average molecular weight is 240 g/mol. The second kappa shape index (κ2) is 8.93. The fraction of sp³-hybridized carbons (Fsp3) is 1.00. The topological polar surface area (TPSA) is 29.3 Å². The van der Waals surface area contributed by atoms with Crippen molar-refractivity contribution in [3.63, 3.8) is 0 Å². The van der Waals surface area contributed by atoms with E-state index in [1.807, 2.05) is 0 Å². The summed E-state index contributed by atoms with van der Waals surface area (Å²) in [6, 6.07) is 0.856. The van der Waals surface area contributed by atoms with Gasteiger partial charge in [0, 0.05) is 12.6 Å². The van der Waals surface area contributed by atoms with Gasteiger partial charge >= 0.3 is 0 Å². The van der Waals surface area contributed by atoms with Crippen LogP contribution >= 0.6 is 0 Å². The second-order valence-electron chi connectivity index (χ2n) is 5.82. The zero-order valence-electron chi connectivity index (χ0n) is 12.0. The van der Waals surface area contributed by atoms with E-state index in [-0.39, 0.29) is 0 Å². The van der Waals surface area contributed by atoms with Gasteiger partial charge in [-0.05, 0) is 44.7 Å². The van der Waals surface area contributed by atoms with Crippen molar-refractivity contribution in [1.29, 1.82) is 0 Å². The molecular formula is C15H32N2. The Morgan fingerprint density at radius 2 is 1.94 bits per heavy atom. The third kappa shape index (κ3) is 5.87. The first kappa shape index (κ1) is 15.0. The fourth-order valence-corrected chi connectivity index (χ4v) is 3.15. The molecule has 0 aromatic rings. The predicted molar refractivity (Wildman–Crippen MR) is 76.2 cm³/mol. The molecule has 1 saturated carbocycles. The lowest BCUT2D eigenvalue weighted by Crippen LogP contribution is -2.40. The minimum Gasteiger partial charge on any atom is -0.330 e. The van der Waals surface area contributed by atoms with Gasteiger partial charge in [0.2, 0.25) is 0 Å². The molecule has 2 heteroatoms. The van der Waals surface area contributed by atoms with Crippen molar-refractivity contribution in [3.05, 3.63) is 0 Å². The molecule has 0 spiro atoms. The summed E-state index contributed by atoms with van der Waals surface area (Å²) in [6.45, 7) is 8.04. The van der Waals surface area contributed by atoms with Crippen LogP contribution in [0.15, 0.2) is 0 Å². The summed E-state index contributed by atoms with van der Waals surface area (Å²) in [7, 11) is 0. The molecule has 0 aromatic heterocycles. The first-order chi connectivity index (χ1) is 8.27. The molecule has 1 aliphatic rings. The average Bonchev–Trinajstić information content (AvgIpc) is 2.36. The van der Waals surface area contributed by atoms with Crippen LogP contribution < -0.4 is 5.73 Å². The molecule has 0 heterocycles. The summed E-state index contributed by atoms with van der Waals surface area (Å²) >= 11 is 0. The summed E-state index contributed by atoms with van der Waals surface area (Å²) in [6.07, 6.45) is 11.0. The van der Waals surface area contributed by atoms with Crippen LogP contribution in [-0.4, -0.2) is 30.6 Å². The van der Waals surface area contributed by atoms with E-state index in [2.05, 4.69) is 18.7 Å². The Bertz CT molecular complexity index is 176. The molecule has 0 aromatic carbocycles. The van der Waals surface area contributed by atoms with Gasteiger partial charge in [-0.25, -0.2) is 0 Å². The molecule has 0 amide bonds. The Kier molecular flexibility index (Phi) is 7.87. The summed E-state index contributed by atoms with van der Waals surface area (Å²) in [4.78, 5) is 2.74. The van der Waals surface area contributed by atoms with Crippen molar-refractivity contribution in [2.24, 2.45) is 11.7 Å². The highest BCUT2D eigenvalue weighted by atomic mass is 15.2. The maximum atomic E-state index is 5.67. The normalized spacial score (nSPS) is 19.8. The van der Waals surface area contributed by atoms with E-state index in [0.29, 0.717) is 0 Å². The van der Waals surface area contributed by atoms with Gasteiger partial charge in [-0.2, -0.15) is 0 Å². The zero-order valence-corrected chi connectivity index (χ0v) is 12.0. The second-order valence-corrected chi connectivity index (χ2v) is 5.82. The van der Waals surface area contributed by atoms with E-state index in [9.17, 15) is 0 Å². The van der Waals surface area contributed by atoms with E-state index in [4.69, 9.17) is 5.73 Å². The minimum atomic E-state index is 0.839. The molecule has 0 bridgehead atoms. The first-order valence-corrected chi connectivity index (χ1v) is 7.72. The van der Waals surface area contributed by atoms with Crippen LogP contribution in [0.4, 0.5) is 0 Å². The Morgan fingerprint density at radius 1 is 1.24 bits per heavy atom. The highest BCUT2D eigenvalue weighted by Crippen LogP contribution is 2.24. The van der Waals surface area contributed by atoms with Crippen LogP contribution in [0, 0.1) is 5.92 Å². The smallest absolute Gasteiger partial charge is 0.00953 e. The van der Waals surface area contributed by atoms with Crippen molar-refractivity contribution < 1.29 is 0 Å². The maximum absolute atomic E-state index is 5.67. The van der Waals surface area contributed by atoms with Crippen LogP contribution in [0.2, 0.25) is 0 Å². The molecule has 2 N–H and O–H groups in total. The lowest BCUT2D eigenvalue weighted by atomic mass is 9.93. The quantitative estimate of drug-likeness (QED) is 0.704. The molecule has 1 unspecified atom stereocenters. The van der Waals surface area contributed by atoms with E-state index < -0.39 is 0 Å². The summed E-state index contributed by atoms with van der Waals surface area (Å²) < 4.78 is 0. The molecule has 1 rings (SSSR count). The standard InChI is InChI=1S/C15H32N2/c1-3-8-14(2)13-17(12-7-11-16)15-9-5-4-6-10-15/h14-15H,3-13,16H2,1-2H3. The molecule has 1 fully saturated rings. The number of rotatable bonds is 8. The predicted octanol–water partition coefficient (Wildman–Crippen LogP) is 3.41. The van der Waals surface area contributed by atoms with Gasteiger partial charge in [0.05, 0.1) is 0 Å². The van der Waals surface area contributed by atoms with Crippen molar-refractivity contribution in [3.8, 4) is 0 Å². The van der Waals surface area contributed by atoms with Gasteiger partial charge in [-0.3, -0.25) is 0 Å². The lowest BCUT2D eigenvalue weighted by molar-refractivity contribution is 0.133. The van der Waals surface area contributed by atoms with Crippen LogP contribution in [0.1, 0.15) is 65.2 Å². The Labute approximate surface area is 108 Å². The monoisotopic (exact) mass is 240 g/mol. The van der Waals surface area contributed by atoms with Crippen molar-refractivity contribution >= 4 is 0 Å². The molecule has 0 saturated heterocycles. The summed E-state index contributed by atoms with van der Waals surface area (Å²) in [5.74, 6) is 0.847. The molecule has 17 heavy (non-hydrogen) atoms. The van der Waals surface area contributed by atoms with Crippen LogP contribution in [0.3, 0.4) is 0 Å². The van der Waals surface area contributed by atoms with Crippen LogP contribution in [0.5, 0.6) is 0 Å². The number of nitrogens with two attached hydrogens (primary N) is 1. The van der Waals surface area contributed by atoms with Crippen molar-refractivity contribution in [2.45, 2.75) is 71.3 Å². The van der Waals surface area contributed by atoms with Gasteiger partial charge in [-0.1, -0.05) is 39.5 Å². The van der Waals surface area contributed by atoms with E-state index in [0.717, 1.165) is 24.9 Å². The third-order valence-electron chi connectivity index (χ3n) is 4.07.